The summed E-state index contributed by atoms with van der Waals surface area (Å²) in [6.45, 7) is 1.90. The Bertz CT molecular complexity index is 610. The number of benzene rings is 1. The lowest BCUT2D eigenvalue weighted by molar-refractivity contribution is 0.0683. The van der Waals surface area contributed by atoms with E-state index in [1.165, 1.54) is 4.68 Å². The van der Waals surface area contributed by atoms with Crippen molar-refractivity contribution in [1.82, 2.24) is 14.8 Å². The van der Waals surface area contributed by atoms with Crippen LogP contribution in [0.3, 0.4) is 0 Å². The van der Waals surface area contributed by atoms with Gasteiger partial charge in [-0.2, -0.15) is 0 Å². The molecule has 1 N–H and O–H groups in total. The number of nitrogens with zero attached hydrogens (tertiary/aromatic N) is 3. The summed E-state index contributed by atoms with van der Waals surface area (Å²) in [7, 11) is 0. The summed E-state index contributed by atoms with van der Waals surface area (Å²) in [6.07, 6.45) is 0.596. The Morgan fingerprint density at radius 2 is 2.17 bits per heavy atom. The van der Waals surface area contributed by atoms with Crippen LogP contribution in [0.4, 0.5) is 0 Å². The fraction of sp³-hybridized carbons (Fsp3) is 0.182. The molecule has 0 radical (unpaired) electrons. The molecule has 0 saturated heterocycles. The Kier molecular flexibility index (Phi) is 3.82. The fourth-order valence-corrected chi connectivity index (χ4v) is 2.27. The Morgan fingerprint density at radius 1 is 1.44 bits per heavy atom. The number of carboxylic acids is 1. The first-order valence-electron chi connectivity index (χ1n) is 5.17. The normalized spacial score (nSPS) is 10.6. The summed E-state index contributed by atoms with van der Waals surface area (Å²) < 4.78 is 3.25. The van der Waals surface area contributed by atoms with Crippen molar-refractivity contribution in [2.45, 2.75) is 13.3 Å². The third-order valence-corrected chi connectivity index (χ3v) is 3.48. The number of hydrogen-bond donors (Lipinski definition) is 1. The van der Waals surface area contributed by atoms with Crippen LogP contribution in [0.25, 0.3) is 5.69 Å². The van der Waals surface area contributed by atoms with Crippen molar-refractivity contribution in [3.63, 3.8) is 0 Å². The molecule has 5 nitrogen and oxygen atoms in total. The van der Waals surface area contributed by atoms with Crippen LogP contribution in [0.5, 0.6) is 0 Å². The highest BCUT2D eigenvalue weighted by atomic mass is 79.9. The van der Waals surface area contributed by atoms with E-state index in [9.17, 15) is 4.79 Å². The van der Waals surface area contributed by atoms with Gasteiger partial charge in [0.1, 0.15) is 5.82 Å². The highest BCUT2D eigenvalue weighted by Gasteiger charge is 2.16. The smallest absolute Gasteiger partial charge is 0.375 e. The number of aryl methyl sites for hydroxylation is 1. The number of aromatic carboxylic acids is 1. The number of carbonyl (C=O) groups is 1. The Balaban J connectivity index is 2.62. The lowest BCUT2D eigenvalue weighted by atomic mass is 10.3. The maximum absolute atomic E-state index is 10.9. The molecular weight excluding hydrogens is 366 g/mol. The molecule has 0 atom stereocenters. The second kappa shape index (κ2) is 5.19. The average molecular weight is 375 g/mol. The topological polar surface area (TPSA) is 68.0 Å². The molecule has 0 unspecified atom stereocenters. The largest absolute Gasteiger partial charge is 0.475 e. The van der Waals surface area contributed by atoms with E-state index in [0.29, 0.717) is 12.2 Å². The van der Waals surface area contributed by atoms with E-state index < -0.39 is 5.97 Å². The number of hydrogen-bond acceptors (Lipinski definition) is 3. The molecule has 1 heterocycles. The maximum Gasteiger partial charge on any atom is 0.375 e. The Labute approximate surface area is 120 Å². The molecule has 0 amide bonds. The zero-order valence-electron chi connectivity index (χ0n) is 9.39. The Morgan fingerprint density at radius 3 is 2.78 bits per heavy atom. The lowest BCUT2D eigenvalue weighted by Crippen LogP contribution is -2.04. The summed E-state index contributed by atoms with van der Waals surface area (Å²) in [4.78, 5) is 14.9. The van der Waals surface area contributed by atoms with E-state index in [1.54, 1.807) is 0 Å². The zero-order valence-corrected chi connectivity index (χ0v) is 12.6. The molecule has 0 aliphatic rings. The summed E-state index contributed by atoms with van der Waals surface area (Å²) in [5.74, 6) is -0.723. The van der Waals surface area contributed by atoms with Crippen LogP contribution >= 0.6 is 31.9 Å². The second-order valence-electron chi connectivity index (χ2n) is 3.52. The van der Waals surface area contributed by atoms with Crippen LogP contribution in [0.2, 0.25) is 0 Å². The monoisotopic (exact) mass is 373 g/mol. The quantitative estimate of drug-likeness (QED) is 0.896. The number of rotatable bonds is 3. The molecule has 18 heavy (non-hydrogen) atoms. The van der Waals surface area contributed by atoms with Crippen molar-refractivity contribution in [2.75, 3.05) is 0 Å². The van der Waals surface area contributed by atoms with Crippen LogP contribution in [-0.2, 0) is 6.42 Å². The number of aromatic nitrogens is 3. The first-order chi connectivity index (χ1) is 8.52. The van der Waals surface area contributed by atoms with Crippen LogP contribution in [0.1, 0.15) is 23.4 Å². The van der Waals surface area contributed by atoms with E-state index in [-0.39, 0.29) is 5.82 Å². The highest BCUT2D eigenvalue weighted by Crippen LogP contribution is 2.25. The van der Waals surface area contributed by atoms with E-state index in [2.05, 4.69) is 41.9 Å². The molecule has 1 aromatic carbocycles. The summed E-state index contributed by atoms with van der Waals surface area (Å²) in [5.41, 5.74) is 0.751. The van der Waals surface area contributed by atoms with Crippen LogP contribution < -0.4 is 0 Å². The summed E-state index contributed by atoms with van der Waals surface area (Å²) in [5, 5.41) is 12.9. The van der Waals surface area contributed by atoms with Crippen molar-refractivity contribution in [2.24, 2.45) is 0 Å². The van der Waals surface area contributed by atoms with Crippen LogP contribution in [0, 0.1) is 0 Å². The van der Waals surface area contributed by atoms with Gasteiger partial charge in [0.05, 0.1) is 5.69 Å². The maximum atomic E-state index is 10.9. The minimum absolute atomic E-state index is 0.196. The predicted octanol–water partition coefficient (Wildman–Crippen LogP) is 3.05. The SMILES string of the molecule is CCc1nc(C(=O)O)nn1-c1cc(Br)ccc1Br. The first-order valence-corrected chi connectivity index (χ1v) is 6.76. The van der Waals surface area contributed by atoms with E-state index >= 15 is 0 Å². The molecule has 0 spiro atoms. The molecule has 2 rings (SSSR count). The van der Waals surface area contributed by atoms with E-state index in [1.807, 2.05) is 25.1 Å². The second-order valence-corrected chi connectivity index (χ2v) is 5.29. The molecule has 94 valence electrons. The third-order valence-electron chi connectivity index (χ3n) is 2.32. The van der Waals surface area contributed by atoms with Gasteiger partial charge in [0.2, 0.25) is 0 Å². The average Bonchev–Trinajstić information content (AvgIpc) is 2.76. The van der Waals surface area contributed by atoms with Gasteiger partial charge in [0.25, 0.3) is 5.82 Å². The molecule has 0 saturated carbocycles. The standard InChI is InChI=1S/C11H9Br2N3O2/c1-2-9-14-10(11(17)18)15-16(9)8-5-6(12)3-4-7(8)13/h3-5H,2H2,1H3,(H,17,18). The van der Waals surface area contributed by atoms with Gasteiger partial charge in [-0.15, -0.1) is 5.10 Å². The van der Waals surface area contributed by atoms with Gasteiger partial charge in [-0.05, 0) is 34.1 Å². The van der Waals surface area contributed by atoms with Gasteiger partial charge < -0.3 is 5.11 Å². The van der Waals surface area contributed by atoms with Crippen LogP contribution in [-0.4, -0.2) is 25.8 Å². The van der Waals surface area contributed by atoms with Crippen molar-refractivity contribution >= 4 is 37.8 Å². The fourth-order valence-electron chi connectivity index (χ4n) is 1.50. The molecule has 0 aliphatic carbocycles. The minimum atomic E-state index is -1.13. The number of carboxylic acid groups (broad SMARTS) is 1. The van der Waals surface area contributed by atoms with Crippen molar-refractivity contribution in [3.8, 4) is 5.69 Å². The van der Waals surface area contributed by atoms with E-state index in [4.69, 9.17) is 5.11 Å². The molecule has 0 fully saturated rings. The number of halogens is 2. The molecule has 7 heteroatoms. The van der Waals surface area contributed by atoms with Gasteiger partial charge >= 0.3 is 5.97 Å². The van der Waals surface area contributed by atoms with Crippen molar-refractivity contribution in [1.29, 1.82) is 0 Å². The van der Waals surface area contributed by atoms with Gasteiger partial charge in [-0.1, -0.05) is 22.9 Å². The molecule has 0 aliphatic heterocycles. The van der Waals surface area contributed by atoms with Crippen LogP contribution in [0.15, 0.2) is 27.1 Å². The van der Waals surface area contributed by atoms with Gasteiger partial charge in [0, 0.05) is 15.4 Å². The summed E-state index contributed by atoms with van der Waals surface area (Å²) >= 11 is 6.80. The van der Waals surface area contributed by atoms with Gasteiger partial charge in [0.15, 0.2) is 0 Å². The molecule has 2 aromatic rings. The lowest BCUT2D eigenvalue weighted by Gasteiger charge is -2.07. The van der Waals surface area contributed by atoms with Crippen molar-refractivity contribution in [3.05, 3.63) is 38.8 Å². The summed E-state index contributed by atoms with van der Waals surface area (Å²) in [6, 6.07) is 5.60. The van der Waals surface area contributed by atoms with E-state index in [0.717, 1.165) is 14.6 Å². The third kappa shape index (κ3) is 2.46. The minimum Gasteiger partial charge on any atom is -0.475 e. The molecule has 1 aromatic heterocycles. The van der Waals surface area contributed by atoms with Gasteiger partial charge in [-0.3, -0.25) is 0 Å². The first kappa shape index (κ1) is 13.2. The molecule has 0 bridgehead atoms. The Hall–Kier alpha value is -1.21. The highest BCUT2D eigenvalue weighted by molar-refractivity contribution is 9.11. The van der Waals surface area contributed by atoms with Gasteiger partial charge in [-0.25, -0.2) is 14.5 Å². The zero-order chi connectivity index (χ0) is 13.3. The predicted molar refractivity (Wildman–Crippen MR) is 73.1 cm³/mol. The van der Waals surface area contributed by atoms with Crippen molar-refractivity contribution < 1.29 is 9.90 Å². The molecular formula is C11H9Br2N3O2.